The van der Waals surface area contributed by atoms with E-state index in [0.29, 0.717) is 39.1 Å². The molecule has 2 aliphatic heterocycles. The summed E-state index contributed by atoms with van der Waals surface area (Å²) < 4.78 is 36.3. The number of rotatable bonds is 4. The zero-order valence-corrected chi connectivity index (χ0v) is 12.7. The molecule has 0 aromatic rings. The normalized spacial score (nSPS) is 32.6. The van der Waals surface area contributed by atoms with Crippen molar-refractivity contribution in [3.05, 3.63) is 0 Å². The van der Waals surface area contributed by atoms with Crippen LogP contribution in [0.5, 0.6) is 0 Å². The molecule has 2 aliphatic rings. The van der Waals surface area contributed by atoms with Gasteiger partial charge in [0.15, 0.2) is 15.1 Å². The Kier molecular flexibility index (Phi) is 4.41. The molecule has 0 amide bonds. The lowest BCUT2D eigenvalue weighted by atomic mass is 9.93. The van der Waals surface area contributed by atoms with Gasteiger partial charge in [0.2, 0.25) is 0 Å². The monoisotopic (exact) mass is 306 g/mol. The molecule has 0 aromatic heterocycles. The van der Waals surface area contributed by atoms with Crippen LogP contribution in [0.1, 0.15) is 33.1 Å². The van der Waals surface area contributed by atoms with Crippen molar-refractivity contribution < 1.29 is 27.8 Å². The Hall–Kier alpha value is -0.660. The molecule has 0 aliphatic carbocycles. The molecule has 0 saturated carbocycles. The van der Waals surface area contributed by atoms with Crippen molar-refractivity contribution in [3.8, 4) is 0 Å². The molecule has 3 unspecified atom stereocenters. The van der Waals surface area contributed by atoms with Crippen molar-refractivity contribution in [2.75, 3.05) is 19.8 Å². The third kappa shape index (κ3) is 2.84. The fourth-order valence-corrected chi connectivity index (χ4v) is 5.55. The van der Waals surface area contributed by atoms with Crippen LogP contribution in [0.2, 0.25) is 0 Å². The maximum Gasteiger partial charge on any atom is 0.322 e. The maximum absolute atomic E-state index is 12.6. The van der Waals surface area contributed by atoms with Gasteiger partial charge in [-0.3, -0.25) is 4.79 Å². The standard InChI is InChI=1S/C13H22O6S/c1-9(2)11(12(14)15)20(16,17)10-3-5-19-13(7-10)4-6-18-8-13/h9-11H,3-8H2,1-2H3,(H,14,15). The minimum Gasteiger partial charge on any atom is -0.480 e. The molecule has 1 N–H and O–H groups in total. The lowest BCUT2D eigenvalue weighted by molar-refractivity contribution is -0.137. The van der Waals surface area contributed by atoms with E-state index in [1.54, 1.807) is 13.8 Å². The summed E-state index contributed by atoms with van der Waals surface area (Å²) in [6.45, 7) is 4.57. The molecule has 1 spiro atoms. The van der Waals surface area contributed by atoms with E-state index in [2.05, 4.69) is 0 Å². The zero-order chi connectivity index (χ0) is 15.0. The zero-order valence-electron chi connectivity index (χ0n) is 11.9. The molecule has 0 radical (unpaired) electrons. The van der Waals surface area contributed by atoms with Gasteiger partial charge >= 0.3 is 5.97 Å². The van der Waals surface area contributed by atoms with E-state index < -0.39 is 37.8 Å². The number of ether oxygens (including phenoxy) is 2. The van der Waals surface area contributed by atoms with E-state index in [0.717, 1.165) is 0 Å². The lowest BCUT2D eigenvalue weighted by Crippen LogP contribution is -2.49. The van der Waals surface area contributed by atoms with Crippen molar-refractivity contribution in [1.29, 1.82) is 0 Å². The molecular formula is C13H22O6S. The van der Waals surface area contributed by atoms with Gasteiger partial charge in [0.1, 0.15) is 0 Å². The molecule has 116 valence electrons. The topological polar surface area (TPSA) is 89.9 Å². The molecule has 3 atom stereocenters. The highest BCUT2D eigenvalue weighted by Gasteiger charge is 2.48. The molecule has 20 heavy (non-hydrogen) atoms. The van der Waals surface area contributed by atoms with E-state index in [9.17, 15) is 18.3 Å². The number of hydrogen-bond acceptors (Lipinski definition) is 5. The summed E-state index contributed by atoms with van der Waals surface area (Å²) in [5.74, 6) is -1.71. The first-order chi connectivity index (χ1) is 9.28. The van der Waals surface area contributed by atoms with Gasteiger partial charge in [-0.2, -0.15) is 0 Å². The van der Waals surface area contributed by atoms with Gasteiger partial charge in [0.25, 0.3) is 0 Å². The number of sulfone groups is 1. The van der Waals surface area contributed by atoms with Gasteiger partial charge in [-0.15, -0.1) is 0 Å². The summed E-state index contributed by atoms with van der Waals surface area (Å²) in [6, 6.07) is 0. The SMILES string of the molecule is CC(C)C(C(=O)O)S(=O)(=O)C1CCOC2(CCOC2)C1. The minimum atomic E-state index is -3.72. The first-order valence-electron chi connectivity index (χ1n) is 6.96. The fourth-order valence-electron chi connectivity index (χ4n) is 3.14. The fraction of sp³-hybridized carbons (Fsp3) is 0.923. The molecule has 2 fully saturated rings. The molecule has 6 nitrogen and oxygen atoms in total. The first kappa shape index (κ1) is 15.7. The van der Waals surface area contributed by atoms with Crippen LogP contribution in [-0.4, -0.2) is 55.4 Å². The van der Waals surface area contributed by atoms with Crippen molar-refractivity contribution in [2.24, 2.45) is 5.92 Å². The van der Waals surface area contributed by atoms with Crippen molar-refractivity contribution >= 4 is 15.8 Å². The third-order valence-corrected chi connectivity index (χ3v) is 6.97. The Bertz CT molecular complexity index is 463. The van der Waals surface area contributed by atoms with Crippen LogP contribution in [0.15, 0.2) is 0 Å². The van der Waals surface area contributed by atoms with Gasteiger partial charge in [-0.1, -0.05) is 13.8 Å². The summed E-state index contributed by atoms with van der Waals surface area (Å²) >= 11 is 0. The van der Waals surface area contributed by atoms with E-state index in [-0.39, 0.29) is 0 Å². The maximum atomic E-state index is 12.6. The Balaban J connectivity index is 2.22. The van der Waals surface area contributed by atoms with Crippen LogP contribution in [-0.2, 0) is 24.1 Å². The van der Waals surface area contributed by atoms with Gasteiger partial charge < -0.3 is 14.6 Å². The van der Waals surface area contributed by atoms with Gasteiger partial charge in [-0.25, -0.2) is 8.42 Å². The van der Waals surface area contributed by atoms with Crippen LogP contribution in [0.4, 0.5) is 0 Å². The predicted octanol–water partition coefficient (Wildman–Crippen LogP) is 0.848. The largest absolute Gasteiger partial charge is 0.480 e. The number of carbonyl (C=O) groups is 1. The van der Waals surface area contributed by atoms with Gasteiger partial charge in [-0.05, 0) is 18.8 Å². The second kappa shape index (κ2) is 5.61. The van der Waals surface area contributed by atoms with Crippen molar-refractivity contribution in [2.45, 2.75) is 49.2 Å². The Morgan fingerprint density at radius 1 is 1.35 bits per heavy atom. The van der Waals surface area contributed by atoms with E-state index in [4.69, 9.17) is 9.47 Å². The highest BCUT2D eigenvalue weighted by Crippen LogP contribution is 2.37. The molecular weight excluding hydrogens is 284 g/mol. The second-order valence-corrected chi connectivity index (χ2v) is 8.39. The Morgan fingerprint density at radius 2 is 2.05 bits per heavy atom. The third-order valence-electron chi connectivity index (χ3n) is 4.18. The van der Waals surface area contributed by atoms with Crippen LogP contribution in [0, 0.1) is 5.92 Å². The van der Waals surface area contributed by atoms with Crippen molar-refractivity contribution in [1.82, 2.24) is 0 Å². The average Bonchev–Trinajstić information content (AvgIpc) is 2.75. The van der Waals surface area contributed by atoms with E-state index >= 15 is 0 Å². The Morgan fingerprint density at radius 3 is 2.55 bits per heavy atom. The van der Waals surface area contributed by atoms with Gasteiger partial charge in [0.05, 0.1) is 17.5 Å². The second-order valence-electron chi connectivity index (χ2n) is 6.04. The predicted molar refractivity (Wildman–Crippen MR) is 72.3 cm³/mol. The highest BCUT2D eigenvalue weighted by molar-refractivity contribution is 7.93. The summed E-state index contributed by atoms with van der Waals surface area (Å²) in [5, 5.41) is 7.24. The average molecular weight is 306 g/mol. The number of carboxylic acids is 1. The quantitative estimate of drug-likeness (QED) is 0.828. The highest BCUT2D eigenvalue weighted by atomic mass is 32.2. The number of hydrogen-bond donors (Lipinski definition) is 1. The summed E-state index contributed by atoms with van der Waals surface area (Å²) in [6.07, 6.45) is 1.38. The van der Waals surface area contributed by atoms with Crippen LogP contribution in [0.25, 0.3) is 0 Å². The first-order valence-corrected chi connectivity index (χ1v) is 8.57. The summed E-state index contributed by atoms with van der Waals surface area (Å²) in [7, 11) is -3.72. The van der Waals surface area contributed by atoms with Crippen LogP contribution in [0.3, 0.4) is 0 Å². The van der Waals surface area contributed by atoms with Gasteiger partial charge in [0, 0.05) is 19.6 Å². The van der Waals surface area contributed by atoms with Crippen LogP contribution < -0.4 is 0 Å². The van der Waals surface area contributed by atoms with Crippen LogP contribution >= 0.6 is 0 Å². The molecule has 0 aromatic carbocycles. The molecule has 7 heteroatoms. The smallest absolute Gasteiger partial charge is 0.322 e. The molecule has 0 bridgehead atoms. The van der Waals surface area contributed by atoms with Crippen molar-refractivity contribution in [3.63, 3.8) is 0 Å². The lowest BCUT2D eigenvalue weighted by Gasteiger charge is -2.37. The summed E-state index contributed by atoms with van der Waals surface area (Å²) in [4.78, 5) is 11.3. The molecule has 2 heterocycles. The minimum absolute atomic E-state index is 0.339. The molecule has 2 saturated heterocycles. The Labute approximate surface area is 119 Å². The number of aliphatic carboxylic acids is 1. The number of carboxylic acid groups (broad SMARTS) is 1. The summed E-state index contributed by atoms with van der Waals surface area (Å²) in [5.41, 5.74) is -0.532. The van der Waals surface area contributed by atoms with E-state index in [1.165, 1.54) is 0 Å². The van der Waals surface area contributed by atoms with E-state index in [1.807, 2.05) is 0 Å². The molecule has 2 rings (SSSR count).